The molecule has 0 aliphatic carbocycles. The number of urea groups is 1. The normalized spacial score (nSPS) is 21.7. The van der Waals surface area contributed by atoms with E-state index in [0.29, 0.717) is 12.2 Å². The van der Waals surface area contributed by atoms with Crippen molar-refractivity contribution in [3.05, 3.63) is 46.0 Å². The van der Waals surface area contributed by atoms with Gasteiger partial charge >= 0.3 is 6.03 Å². The molecule has 2 aromatic rings. The van der Waals surface area contributed by atoms with E-state index in [1.54, 1.807) is 10.5 Å². The van der Waals surface area contributed by atoms with Gasteiger partial charge in [-0.25, -0.2) is 9.78 Å². The lowest BCUT2D eigenvalue weighted by atomic mass is 10.0. The fraction of sp³-hybridized carbons (Fsp3) is 0.500. The van der Waals surface area contributed by atoms with Crippen molar-refractivity contribution in [2.75, 3.05) is 26.2 Å². The summed E-state index contributed by atoms with van der Waals surface area (Å²) in [6.07, 6.45) is 3.91. The van der Waals surface area contributed by atoms with Gasteiger partial charge < -0.3 is 10.2 Å². The van der Waals surface area contributed by atoms with Gasteiger partial charge in [0.15, 0.2) is 0 Å². The highest BCUT2D eigenvalue weighted by Crippen LogP contribution is 2.19. The zero-order valence-electron chi connectivity index (χ0n) is 14.4. The Hall–Kier alpha value is -2.41. The van der Waals surface area contributed by atoms with Crippen LogP contribution in [0.15, 0.2) is 29.2 Å². The van der Waals surface area contributed by atoms with E-state index in [4.69, 9.17) is 0 Å². The Morgan fingerprint density at radius 1 is 1.28 bits per heavy atom. The van der Waals surface area contributed by atoms with Crippen LogP contribution in [-0.4, -0.2) is 57.4 Å². The summed E-state index contributed by atoms with van der Waals surface area (Å²) in [5.74, 6) is 0. The van der Waals surface area contributed by atoms with Gasteiger partial charge in [-0.1, -0.05) is 6.07 Å². The van der Waals surface area contributed by atoms with E-state index in [9.17, 15) is 9.59 Å². The number of rotatable bonds is 3. The van der Waals surface area contributed by atoms with Crippen LogP contribution in [0.1, 0.15) is 24.1 Å². The van der Waals surface area contributed by atoms with Gasteiger partial charge in [0.05, 0.1) is 5.69 Å². The molecule has 1 atom stereocenters. The predicted molar refractivity (Wildman–Crippen MR) is 94.6 cm³/mol. The molecular weight excluding hydrogens is 318 g/mol. The molecule has 1 unspecified atom stereocenters. The molecule has 2 fully saturated rings. The number of aromatic nitrogens is 2. The lowest BCUT2D eigenvalue weighted by molar-refractivity contribution is 0.121. The van der Waals surface area contributed by atoms with Crippen LogP contribution in [-0.2, 0) is 6.54 Å². The highest BCUT2D eigenvalue weighted by atomic mass is 16.2. The molecule has 2 aromatic heterocycles. The number of carbonyl (C=O) groups excluding carboxylic acids is 1. The largest absolute Gasteiger partial charge is 0.336 e. The molecule has 0 bridgehead atoms. The zero-order chi connectivity index (χ0) is 17.4. The Morgan fingerprint density at radius 3 is 2.96 bits per heavy atom. The highest BCUT2D eigenvalue weighted by Gasteiger charge is 2.31. The topological polar surface area (TPSA) is 70.0 Å². The quantitative estimate of drug-likeness (QED) is 0.904. The van der Waals surface area contributed by atoms with Crippen molar-refractivity contribution in [3.8, 4) is 0 Å². The molecule has 0 radical (unpaired) electrons. The molecule has 2 aliphatic heterocycles. The number of fused-ring (bicyclic) bond motifs is 1. The molecule has 0 spiro atoms. The van der Waals surface area contributed by atoms with Crippen molar-refractivity contribution in [2.45, 2.75) is 32.4 Å². The number of likely N-dealkylation sites (tertiary alicyclic amines) is 1. The minimum Gasteiger partial charge on any atom is -0.336 e. The zero-order valence-corrected chi connectivity index (χ0v) is 14.4. The number of amides is 2. The smallest absolute Gasteiger partial charge is 0.317 e. The van der Waals surface area contributed by atoms with Crippen LogP contribution in [0.5, 0.6) is 0 Å². The van der Waals surface area contributed by atoms with Gasteiger partial charge in [0.2, 0.25) is 0 Å². The van der Waals surface area contributed by atoms with Gasteiger partial charge in [-0.15, -0.1) is 0 Å². The van der Waals surface area contributed by atoms with Crippen molar-refractivity contribution in [2.24, 2.45) is 0 Å². The third-order valence-corrected chi connectivity index (χ3v) is 5.06. The monoisotopic (exact) mass is 341 g/mol. The van der Waals surface area contributed by atoms with Crippen LogP contribution in [0.25, 0.3) is 5.65 Å². The summed E-state index contributed by atoms with van der Waals surface area (Å²) < 4.78 is 1.59. The second-order valence-corrected chi connectivity index (χ2v) is 6.98. The number of aryl methyl sites for hydroxylation is 1. The molecule has 1 N–H and O–H groups in total. The molecule has 4 rings (SSSR count). The summed E-state index contributed by atoms with van der Waals surface area (Å²) in [5, 5.41) is 2.88. The third kappa shape index (κ3) is 3.24. The van der Waals surface area contributed by atoms with Crippen LogP contribution in [0, 0.1) is 6.92 Å². The van der Waals surface area contributed by atoms with E-state index in [1.165, 1.54) is 0 Å². The number of nitrogens with zero attached hydrogens (tertiary/aromatic N) is 4. The lowest BCUT2D eigenvalue weighted by Crippen LogP contribution is -2.48. The minimum absolute atomic E-state index is 0.0452. The molecule has 132 valence electrons. The van der Waals surface area contributed by atoms with Gasteiger partial charge in [-0.3, -0.25) is 14.1 Å². The minimum atomic E-state index is -0.0452. The summed E-state index contributed by atoms with van der Waals surface area (Å²) in [5.41, 5.74) is 2.46. The predicted octanol–water partition coefficient (Wildman–Crippen LogP) is 0.993. The maximum atomic E-state index is 12.4. The SMILES string of the molecule is Cc1ccc2nc(CN3CCCC(N4CCNC4=O)C3)cc(=O)n2c1. The first-order valence-corrected chi connectivity index (χ1v) is 8.86. The number of nitrogens with one attached hydrogen (secondary N) is 1. The van der Waals surface area contributed by atoms with E-state index in [-0.39, 0.29) is 17.6 Å². The van der Waals surface area contributed by atoms with Crippen LogP contribution >= 0.6 is 0 Å². The van der Waals surface area contributed by atoms with Gasteiger partial charge in [0.25, 0.3) is 5.56 Å². The average molecular weight is 341 g/mol. The fourth-order valence-electron chi connectivity index (χ4n) is 3.83. The second-order valence-electron chi connectivity index (χ2n) is 6.98. The first kappa shape index (κ1) is 16.1. The van der Waals surface area contributed by atoms with Gasteiger partial charge in [0, 0.05) is 44.5 Å². The van der Waals surface area contributed by atoms with Crippen LogP contribution < -0.4 is 10.9 Å². The van der Waals surface area contributed by atoms with Gasteiger partial charge in [-0.2, -0.15) is 0 Å². The Kier molecular flexibility index (Phi) is 4.17. The molecule has 0 aromatic carbocycles. The van der Waals surface area contributed by atoms with Gasteiger partial charge in [-0.05, 0) is 37.9 Å². The molecule has 4 heterocycles. The summed E-state index contributed by atoms with van der Waals surface area (Å²) >= 11 is 0. The molecule has 0 saturated carbocycles. The first-order chi connectivity index (χ1) is 12.1. The van der Waals surface area contributed by atoms with Crippen LogP contribution in [0.4, 0.5) is 4.79 Å². The number of piperidine rings is 1. The molecule has 7 nitrogen and oxygen atoms in total. The summed E-state index contributed by atoms with van der Waals surface area (Å²) in [7, 11) is 0. The van der Waals surface area contributed by atoms with Crippen LogP contribution in [0.3, 0.4) is 0 Å². The van der Waals surface area contributed by atoms with Crippen molar-refractivity contribution >= 4 is 11.7 Å². The summed E-state index contributed by atoms with van der Waals surface area (Å²) in [6.45, 7) is 5.93. The second kappa shape index (κ2) is 6.48. The van der Waals surface area contributed by atoms with E-state index in [2.05, 4.69) is 15.2 Å². The van der Waals surface area contributed by atoms with E-state index >= 15 is 0 Å². The standard InChI is InChI=1S/C18H23N5O2/c1-13-4-5-16-20-14(9-17(24)23(16)10-13)11-21-7-2-3-15(12-21)22-8-6-19-18(22)25/h4-5,9-10,15H,2-3,6-8,11-12H2,1H3,(H,19,25). The summed E-state index contributed by atoms with van der Waals surface area (Å²) in [4.78, 5) is 33.1. The maximum Gasteiger partial charge on any atom is 0.317 e. The van der Waals surface area contributed by atoms with Crippen molar-refractivity contribution in [3.63, 3.8) is 0 Å². The number of hydrogen-bond acceptors (Lipinski definition) is 4. The van der Waals surface area contributed by atoms with E-state index in [1.807, 2.05) is 30.2 Å². The Morgan fingerprint density at radius 2 is 2.16 bits per heavy atom. The van der Waals surface area contributed by atoms with E-state index < -0.39 is 0 Å². The van der Waals surface area contributed by atoms with Crippen LogP contribution in [0.2, 0.25) is 0 Å². The molecule has 25 heavy (non-hydrogen) atoms. The van der Waals surface area contributed by atoms with Crippen molar-refractivity contribution < 1.29 is 4.79 Å². The number of carbonyl (C=O) groups is 1. The molecule has 2 saturated heterocycles. The Bertz CT molecular complexity index is 862. The van der Waals surface area contributed by atoms with Crippen molar-refractivity contribution in [1.82, 2.24) is 24.5 Å². The highest BCUT2D eigenvalue weighted by molar-refractivity contribution is 5.76. The third-order valence-electron chi connectivity index (χ3n) is 5.06. The molecule has 2 aliphatic rings. The van der Waals surface area contributed by atoms with E-state index in [0.717, 1.165) is 50.3 Å². The average Bonchev–Trinajstić information content (AvgIpc) is 3.02. The lowest BCUT2D eigenvalue weighted by Gasteiger charge is -2.36. The Balaban J connectivity index is 1.51. The Labute approximate surface area is 146 Å². The summed E-state index contributed by atoms with van der Waals surface area (Å²) in [6, 6.07) is 5.77. The first-order valence-electron chi connectivity index (χ1n) is 8.86. The fourth-order valence-corrected chi connectivity index (χ4v) is 3.83. The number of hydrogen-bond donors (Lipinski definition) is 1. The molecular formula is C18H23N5O2. The van der Waals surface area contributed by atoms with Gasteiger partial charge in [0.1, 0.15) is 5.65 Å². The number of pyridine rings is 1. The maximum absolute atomic E-state index is 12.4. The molecule has 7 heteroatoms. The van der Waals surface area contributed by atoms with Crippen molar-refractivity contribution in [1.29, 1.82) is 0 Å². The molecule has 2 amide bonds.